The molecule has 25 heavy (non-hydrogen) atoms. The van der Waals surface area contributed by atoms with Crippen LogP contribution in [0.3, 0.4) is 0 Å². The van der Waals surface area contributed by atoms with Crippen molar-refractivity contribution in [3.8, 4) is 0 Å². The molecule has 1 aliphatic heterocycles. The van der Waals surface area contributed by atoms with Crippen LogP contribution in [0.2, 0.25) is 5.15 Å². The van der Waals surface area contributed by atoms with Gasteiger partial charge in [-0.25, -0.2) is 4.98 Å². The predicted octanol–water partition coefficient (Wildman–Crippen LogP) is 5.05. The number of pyridine rings is 1. The molecule has 0 radical (unpaired) electrons. The first kappa shape index (κ1) is 16.7. The molecule has 0 unspecified atom stereocenters. The van der Waals surface area contributed by atoms with Gasteiger partial charge in [-0.15, -0.1) is 11.8 Å². The fraction of sp³-hybridized carbons (Fsp3) is 0.368. The van der Waals surface area contributed by atoms with E-state index in [9.17, 15) is 4.79 Å². The third kappa shape index (κ3) is 3.00. The van der Waals surface area contributed by atoms with E-state index in [-0.39, 0.29) is 5.91 Å². The summed E-state index contributed by atoms with van der Waals surface area (Å²) in [6.07, 6.45) is 5.98. The highest BCUT2D eigenvalue weighted by Crippen LogP contribution is 2.40. The number of benzene rings is 1. The lowest BCUT2D eigenvalue weighted by molar-refractivity contribution is 0.0817. The van der Waals surface area contributed by atoms with Gasteiger partial charge in [0.2, 0.25) is 0 Å². The molecule has 0 atom stereocenters. The zero-order chi connectivity index (χ0) is 17.6. The molecule has 0 bridgehead atoms. The van der Waals surface area contributed by atoms with Crippen LogP contribution in [0.15, 0.2) is 29.2 Å². The first-order valence-electron chi connectivity index (χ1n) is 8.46. The Labute approximate surface area is 157 Å². The zero-order valence-corrected chi connectivity index (χ0v) is 15.9. The molecule has 2 aliphatic rings. The largest absolute Gasteiger partial charge is 0.354 e. The monoisotopic (exact) mass is 373 g/mol. The molecule has 0 saturated heterocycles. The highest BCUT2D eigenvalue weighted by atomic mass is 35.5. The van der Waals surface area contributed by atoms with Gasteiger partial charge in [0.05, 0.1) is 29.2 Å². The number of nitrogens with zero attached hydrogens (tertiary/aromatic N) is 2. The Morgan fingerprint density at radius 3 is 2.76 bits per heavy atom. The first-order valence-corrected chi connectivity index (χ1v) is 10.1. The summed E-state index contributed by atoms with van der Waals surface area (Å²) in [5.41, 5.74) is 4.51. The summed E-state index contributed by atoms with van der Waals surface area (Å²) in [5, 5.41) is 3.83. The fourth-order valence-electron chi connectivity index (χ4n) is 3.45. The van der Waals surface area contributed by atoms with Gasteiger partial charge in [-0.3, -0.25) is 4.79 Å². The second-order valence-corrected chi connectivity index (χ2v) is 7.92. The topological polar surface area (TPSA) is 45.2 Å². The maximum atomic E-state index is 12.5. The molecule has 1 fully saturated rings. The summed E-state index contributed by atoms with van der Waals surface area (Å²) in [6, 6.07) is 8.32. The number of hydrogen-bond acceptors (Lipinski definition) is 4. The normalized spacial score (nSPS) is 16.8. The van der Waals surface area contributed by atoms with E-state index in [0.717, 1.165) is 17.1 Å². The van der Waals surface area contributed by atoms with E-state index in [1.807, 2.05) is 0 Å². The van der Waals surface area contributed by atoms with Gasteiger partial charge in [0.15, 0.2) is 0 Å². The van der Waals surface area contributed by atoms with Gasteiger partial charge in [-0.05, 0) is 48.8 Å². The third-order valence-electron chi connectivity index (χ3n) is 5.08. The molecular weight excluding hydrogens is 354 g/mol. The van der Waals surface area contributed by atoms with Crippen LogP contribution < -0.4 is 5.32 Å². The summed E-state index contributed by atoms with van der Waals surface area (Å²) in [5.74, 6) is 0.688. The molecule has 2 heterocycles. The number of nitrogens with one attached hydrogen (secondary N) is 1. The summed E-state index contributed by atoms with van der Waals surface area (Å²) in [7, 11) is 1.78. The molecule has 130 valence electrons. The number of rotatable bonds is 4. The Bertz CT molecular complexity index is 851. The average Bonchev–Trinajstić information content (AvgIpc) is 2.81. The van der Waals surface area contributed by atoms with Crippen molar-refractivity contribution >= 4 is 40.6 Å². The maximum Gasteiger partial charge on any atom is 0.257 e. The Morgan fingerprint density at radius 1 is 1.28 bits per heavy atom. The highest BCUT2D eigenvalue weighted by molar-refractivity contribution is 7.98. The Kier molecular flexibility index (Phi) is 4.38. The number of anilines is 2. The summed E-state index contributed by atoms with van der Waals surface area (Å²) >= 11 is 7.88. The molecule has 1 saturated carbocycles. The Balaban J connectivity index is 1.70. The van der Waals surface area contributed by atoms with E-state index in [4.69, 9.17) is 11.6 Å². The fourth-order valence-corrected chi connectivity index (χ4v) is 4.26. The maximum absolute atomic E-state index is 12.5. The Morgan fingerprint density at radius 2 is 2.08 bits per heavy atom. The highest BCUT2D eigenvalue weighted by Gasteiger charge is 2.30. The van der Waals surface area contributed by atoms with E-state index in [1.165, 1.54) is 29.7 Å². The molecule has 2 aromatic rings. The minimum Gasteiger partial charge on any atom is -0.354 e. The molecule has 1 aromatic heterocycles. The number of halogens is 1. The number of thioether (sulfide) groups is 1. The lowest BCUT2D eigenvalue weighted by atomic mass is 9.80. The molecule has 0 spiro atoms. The number of carbonyl (C=O) groups excluding carboxylic acids is 1. The average molecular weight is 374 g/mol. The van der Waals surface area contributed by atoms with Crippen molar-refractivity contribution in [2.45, 2.75) is 36.6 Å². The first-order chi connectivity index (χ1) is 12.1. The standard InChI is InChI=1S/C19H20ClN3OS/c1-23-10-15-18(19(23)24)14(9-17(20)22-15)21-13-7-6-12(8-16(13)25-2)11-4-3-5-11/h6-9,11H,3-5,10H2,1-2H3,(H,21,22). The van der Waals surface area contributed by atoms with Crippen molar-refractivity contribution in [3.05, 3.63) is 46.2 Å². The summed E-state index contributed by atoms with van der Waals surface area (Å²) in [4.78, 5) is 19.6. The van der Waals surface area contributed by atoms with Crippen LogP contribution in [0.5, 0.6) is 0 Å². The van der Waals surface area contributed by atoms with Crippen molar-refractivity contribution in [1.82, 2.24) is 9.88 Å². The van der Waals surface area contributed by atoms with Gasteiger partial charge in [0, 0.05) is 11.9 Å². The van der Waals surface area contributed by atoms with Crippen molar-refractivity contribution in [1.29, 1.82) is 0 Å². The summed E-state index contributed by atoms with van der Waals surface area (Å²) in [6.45, 7) is 0.499. The van der Waals surface area contributed by atoms with Crippen molar-refractivity contribution in [2.75, 3.05) is 18.6 Å². The van der Waals surface area contributed by atoms with E-state index in [1.54, 1.807) is 29.8 Å². The molecule has 4 nitrogen and oxygen atoms in total. The van der Waals surface area contributed by atoms with Gasteiger partial charge in [0.1, 0.15) is 5.15 Å². The minimum atomic E-state index is -0.0153. The third-order valence-corrected chi connectivity index (χ3v) is 6.05. The number of carbonyl (C=O) groups is 1. The van der Waals surface area contributed by atoms with E-state index < -0.39 is 0 Å². The molecular formula is C19H20ClN3OS. The van der Waals surface area contributed by atoms with E-state index in [0.29, 0.717) is 23.2 Å². The van der Waals surface area contributed by atoms with Crippen LogP contribution in [-0.4, -0.2) is 29.1 Å². The van der Waals surface area contributed by atoms with Gasteiger partial charge in [-0.2, -0.15) is 0 Å². The molecule has 1 amide bonds. The van der Waals surface area contributed by atoms with Crippen LogP contribution >= 0.6 is 23.4 Å². The number of aromatic nitrogens is 1. The van der Waals surface area contributed by atoms with Crippen LogP contribution in [-0.2, 0) is 6.54 Å². The minimum absolute atomic E-state index is 0.0153. The van der Waals surface area contributed by atoms with Gasteiger partial charge in [0.25, 0.3) is 5.91 Å². The second-order valence-electron chi connectivity index (χ2n) is 6.69. The van der Waals surface area contributed by atoms with Crippen LogP contribution in [0.1, 0.15) is 46.8 Å². The predicted molar refractivity (Wildman–Crippen MR) is 103 cm³/mol. The summed E-state index contributed by atoms with van der Waals surface area (Å²) < 4.78 is 0. The van der Waals surface area contributed by atoms with Crippen LogP contribution in [0.25, 0.3) is 0 Å². The lowest BCUT2D eigenvalue weighted by Crippen LogP contribution is -2.18. The lowest BCUT2D eigenvalue weighted by Gasteiger charge is -2.26. The van der Waals surface area contributed by atoms with Crippen LogP contribution in [0, 0.1) is 0 Å². The molecule has 1 aliphatic carbocycles. The number of hydrogen-bond donors (Lipinski definition) is 1. The van der Waals surface area contributed by atoms with E-state index >= 15 is 0 Å². The van der Waals surface area contributed by atoms with Gasteiger partial charge >= 0.3 is 0 Å². The number of fused-ring (bicyclic) bond motifs is 1. The van der Waals surface area contributed by atoms with Crippen molar-refractivity contribution < 1.29 is 4.79 Å². The molecule has 1 N–H and O–H groups in total. The van der Waals surface area contributed by atoms with Crippen LogP contribution in [0.4, 0.5) is 11.4 Å². The molecule has 1 aromatic carbocycles. The SMILES string of the molecule is CSc1cc(C2CCC2)ccc1Nc1cc(Cl)nc2c1C(=O)N(C)C2. The van der Waals surface area contributed by atoms with Gasteiger partial charge in [-0.1, -0.05) is 24.1 Å². The van der Waals surface area contributed by atoms with Crippen molar-refractivity contribution in [3.63, 3.8) is 0 Å². The Hall–Kier alpha value is -1.72. The number of amides is 1. The van der Waals surface area contributed by atoms with Crippen molar-refractivity contribution in [2.24, 2.45) is 0 Å². The smallest absolute Gasteiger partial charge is 0.257 e. The molecule has 4 rings (SSSR count). The van der Waals surface area contributed by atoms with E-state index in [2.05, 4.69) is 34.8 Å². The molecule has 6 heteroatoms. The quantitative estimate of drug-likeness (QED) is 0.601. The zero-order valence-electron chi connectivity index (χ0n) is 14.3. The second kappa shape index (κ2) is 6.54. The van der Waals surface area contributed by atoms with Gasteiger partial charge < -0.3 is 10.2 Å².